The number of nitrogens with zero attached hydrogens (tertiary/aromatic N) is 4. The van der Waals surface area contributed by atoms with E-state index in [0.717, 1.165) is 11.1 Å². The van der Waals surface area contributed by atoms with Crippen LogP contribution in [-0.2, 0) is 6.42 Å². The number of benzene rings is 1. The largest absolute Gasteiger partial charge is 0.339 e. The van der Waals surface area contributed by atoms with Crippen LogP contribution in [0.2, 0.25) is 0 Å². The van der Waals surface area contributed by atoms with Gasteiger partial charge in [-0.3, -0.25) is 14.6 Å². The zero-order valence-electron chi connectivity index (χ0n) is 14.5. The number of carbonyl (C=O) groups is 1. The molecule has 0 aliphatic heterocycles. The lowest BCUT2D eigenvalue weighted by Crippen LogP contribution is -2.18. The third-order valence-corrected chi connectivity index (χ3v) is 3.91. The van der Waals surface area contributed by atoms with Crippen LogP contribution in [0.25, 0.3) is 11.4 Å². The Hall–Kier alpha value is -4.14. The zero-order valence-corrected chi connectivity index (χ0v) is 14.5. The normalized spacial score (nSPS) is 10.6. The summed E-state index contributed by atoms with van der Waals surface area (Å²) in [5.41, 5.74) is 1.86. The molecule has 2 N–H and O–H groups in total. The van der Waals surface area contributed by atoms with Gasteiger partial charge in [0.1, 0.15) is 5.69 Å². The van der Waals surface area contributed by atoms with Crippen molar-refractivity contribution in [3.8, 4) is 11.4 Å². The van der Waals surface area contributed by atoms with Gasteiger partial charge < -0.3 is 9.84 Å². The van der Waals surface area contributed by atoms with Gasteiger partial charge in [0.05, 0.1) is 6.42 Å². The number of anilines is 1. The highest BCUT2D eigenvalue weighted by Crippen LogP contribution is 2.21. The third-order valence-electron chi connectivity index (χ3n) is 3.91. The summed E-state index contributed by atoms with van der Waals surface area (Å²) in [5.74, 6) is 0.412. The highest BCUT2D eigenvalue weighted by atomic mass is 16.5. The smallest absolute Gasteiger partial charge is 0.276 e. The van der Waals surface area contributed by atoms with E-state index in [-0.39, 0.29) is 11.3 Å². The fraction of sp³-hybridized carbons (Fsp3) is 0.0526. The number of amides is 1. The van der Waals surface area contributed by atoms with Gasteiger partial charge >= 0.3 is 0 Å². The molecule has 0 aliphatic rings. The minimum Gasteiger partial charge on any atom is -0.339 e. The Labute approximate surface area is 158 Å². The number of pyridine rings is 1. The zero-order chi connectivity index (χ0) is 19.3. The maximum atomic E-state index is 12.4. The van der Waals surface area contributed by atoms with Crippen LogP contribution in [0.15, 0.2) is 70.2 Å². The summed E-state index contributed by atoms with van der Waals surface area (Å²) in [5, 5.41) is 12.7. The molecule has 0 fully saturated rings. The van der Waals surface area contributed by atoms with Crippen LogP contribution in [0, 0.1) is 0 Å². The van der Waals surface area contributed by atoms with Crippen molar-refractivity contribution in [2.45, 2.75) is 6.42 Å². The molecule has 4 rings (SSSR count). The van der Waals surface area contributed by atoms with E-state index in [1.54, 1.807) is 30.6 Å². The van der Waals surface area contributed by atoms with Crippen molar-refractivity contribution < 1.29 is 9.32 Å². The van der Waals surface area contributed by atoms with Crippen LogP contribution >= 0.6 is 0 Å². The molecule has 0 saturated carbocycles. The Bertz CT molecular complexity index is 1150. The quantitative estimate of drug-likeness (QED) is 0.547. The number of rotatable bonds is 5. The second-order valence-electron chi connectivity index (χ2n) is 5.85. The first-order valence-corrected chi connectivity index (χ1v) is 8.37. The summed E-state index contributed by atoms with van der Waals surface area (Å²) in [6, 6.07) is 13.5. The first-order chi connectivity index (χ1) is 13.7. The van der Waals surface area contributed by atoms with Crippen molar-refractivity contribution in [3.05, 3.63) is 88.4 Å². The highest BCUT2D eigenvalue weighted by molar-refractivity contribution is 6.03. The van der Waals surface area contributed by atoms with Crippen LogP contribution in [-0.4, -0.2) is 31.2 Å². The van der Waals surface area contributed by atoms with Crippen molar-refractivity contribution in [2.75, 3.05) is 5.32 Å². The minimum atomic E-state index is -0.440. The number of carbonyl (C=O) groups excluding carboxylic acids is 1. The Morgan fingerprint density at radius 3 is 2.79 bits per heavy atom. The van der Waals surface area contributed by atoms with Crippen LogP contribution in [0.5, 0.6) is 0 Å². The molecule has 9 heteroatoms. The summed E-state index contributed by atoms with van der Waals surface area (Å²) in [6.45, 7) is 0. The summed E-state index contributed by atoms with van der Waals surface area (Å²) in [4.78, 5) is 31.9. The Kier molecular flexibility index (Phi) is 4.70. The number of aromatic nitrogens is 5. The first-order valence-electron chi connectivity index (χ1n) is 8.37. The molecule has 1 aromatic carbocycles. The number of hydrogen-bond donors (Lipinski definition) is 2. The lowest BCUT2D eigenvalue weighted by molar-refractivity contribution is 0.102. The number of nitrogens with one attached hydrogen (secondary N) is 2. The molecule has 28 heavy (non-hydrogen) atoms. The first kappa shape index (κ1) is 17.3. The summed E-state index contributed by atoms with van der Waals surface area (Å²) < 4.78 is 5.33. The average molecular weight is 374 g/mol. The molecule has 3 aromatic heterocycles. The molecule has 0 radical (unpaired) electrons. The van der Waals surface area contributed by atoms with Crippen molar-refractivity contribution in [2.24, 2.45) is 0 Å². The van der Waals surface area contributed by atoms with E-state index in [1.165, 1.54) is 12.1 Å². The second kappa shape index (κ2) is 7.62. The van der Waals surface area contributed by atoms with Gasteiger partial charge in [-0.05, 0) is 29.8 Å². The van der Waals surface area contributed by atoms with Crippen molar-refractivity contribution in [1.29, 1.82) is 0 Å². The van der Waals surface area contributed by atoms with Crippen molar-refractivity contribution >= 4 is 11.6 Å². The van der Waals surface area contributed by atoms with E-state index in [0.29, 0.717) is 23.8 Å². The van der Waals surface area contributed by atoms with E-state index in [4.69, 9.17) is 4.52 Å². The molecular weight excluding hydrogens is 360 g/mol. The van der Waals surface area contributed by atoms with Crippen LogP contribution in [0.4, 0.5) is 5.69 Å². The Morgan fingerprint density at radius 1 is 1.11 bits per heavy atom. The van der Waals surface area contributed by atoms with E-state index < -0.39 is 5.91 Å². The van der Waals surface area contributed by atoms with Gasteiger partial charge in [-0.15, -0.1) is 0 Å². The van der Waals surface area contributed by atoms with Gasteiger partial charge in [0.15, 0.2) is 0 Å². The maximum absolute atomic E-state index is 12.4. The fourth-order valence-electron chi connectivity index (χ4n) is 2.56. The monoisotopic (exact) mass is 374 g/mol. The predicted octanol–water partition coefficient (Wildman–Crippen LogP) is 2.06. The summed E-state index contributed by atoms with van der Waals surface area (Å²) >= 11 is 0. The molecule has 0 aliphatic carbocycles. The standard InChI is InChI=1S/C19H14N6O3/c26-16-8-7-15(23-24-16)19(27)21-14-6-2-1-4-12(14)10-17-22-18(25-28-17)13-5-3-9-20-11-13/h1-9,11H,10H2,(H,21,27)(H,24,26). The minimum absolute atomic E-state index is 0.103. The van der Waals surface area contributed by atoms with E-state index in [9.17, 15) is 9.59 Å². The van der Waals surface area contributed by atoms with Gasteiger partial charge in [0, 0.05) is 29.7 Å². The number of aromatic amines is 1. The fourth-order valence-corrected chi connectivity index (χ4v) is 2.56. The Morgan fingerprint density at radius 2 is 2.00 bits per heavy atom. The lowest BCUT2D eigenvalue weighted by atomic mass is 10.1. The Balaban J connectivity index is 1.53. The van der Waals surface area contributed by atoms with Crippen molar-refractivity contribution in [1.82, 2.24) is 25.3 Å². The van der Waals surface area contributed by atoms with Crippen LogP contribution in [0.1, 0.15) is 21.9 Å². The SMILES string of the molecule is O=C(Nc1ccccc1Cc1nc(-c2cccnc2)no1)c1ccc(=O)[nH]n1. The topological polar surface area (TPSA) is 127 Å². The molecule has 0 atom stereocenters. The number of para-hydroxylation sites is 1. The molecule has 9 nitrogen and oxygen atoms in total. The van der Waals surface area contributed by atoms with E-state index in [2.05, 4.69) is 30.6 Å². The molecule has 0 saturated heterocycles. The number of H-pyrrole nitrogens is 1. The molecule has 138 valence electrons. The van der Waals surface area contributed by atoms with Crippen LogP contribution in [0.3, 0.4) is 0 Å². The molecule has 0 bridgehead atoms. The maximum Gasteiger partial charge on any atom is 0.276 e. The molecule has 4 aromatic rings. The molecule has 3 heterocycles. The second-order valence-corrected chi connectivity index (χ2v) is 5.85. The van der Waals surface area contributed by atoms with Crippen molar-refractivity contribution in [3.63, 3.8) is 0 Å². The average Bonchev–Trinajstić information content (AvgIpc) is 3.19. The van der Waals surface area contributed by atoms with Gasteiger partial charge in [0.2, 0.25) is 11.7 Å². The van der Waals surface area contributed by atoms with E-state index in [1.807, 2.05) is 18.2 Å². The molecular formula is C19H14N6O3. The van der Waals surface area contributed by atoms with Gasteiger partial charge in [-0.1, -0.05) is 23.4 Å². The van der Waals surface area contributed by atoms with Gasteiger partial charge in [-0.2, -0.15) is 10.1 Å². The number of hydrogen-bond acceptors (Lipinski definition) is 7. The molecule has 1 amide bonds. The molecule has 0 unspecified atom stereocenters. The summed E-state index contributed by atoms with van der Waals surface area (Å²) in [7, 11) is 0. The van der Waals surface area contributed by atoms with Gasteiger partial charge in [-0.25, -0.2) is 5.10 Å². The molecule has 0 spiro atoms. The van der Waals surface area contributed by atoms with Gasteiger partial charge in [0.25, 0.3) is 11.5 Å². The van der Waals surface area contributed by atoms with E-state index >= 15 is 0 Å². The lowest BCUT2D eigenvalue weighted by Gasteiger charge is -2.09. The predicted molar refractivity (Wildman–Crippen MR) is 99.6 cm³/mol. The third kappa shape index (κ3) is 3.83. The van der Waals surface area contributed by atoms with Crippen LogP contribution < -0.4 is 10.9 Å². The highest BCUT2D eigenvalue weighted by Gasteiger charge is 2.14. The summed E-state index contributed by atoms with van der Waals surface area (Å²) in [6.07, 6.45) is 3.66.